The van der Waals surface area contributed by atoms with Gasteiger partial charge in [0, 0.05) is 12.1 Å². The van der Waals surface area contributed by atoms with Gasteiger partial charge in [0.1, 0.15) is 0 Å². The summed E-state index contributed by atoms with van der Waals surface area (Å²) in [5, 5.41) is 2.89. The normalized spacial score (nSPS) is 9.94. The number of ether oxygens (including phenoxy) is 2. The van der Waals surface area contributed by atoms with E-state index in [0.717, 1.165) is 0 Å². The van der Waals surface area contributed by atoms with Crippen LogP contribution in [0.3, 0.4) is 0 Å². The highest BCUT2D eigenvalue weighted by Gasteiger charge is 2.11. The van der Waals surface area contributed by atoms with Gasteiger partial charge >= 0.3 is 5.97 Å². The summed E-state index contributed by atoms with van der Waals surface area (Å²) in [4.78, 5) is 10.9. The molecule has 1 aromatic rings. The van der Waals surface area contributed by atoms with E-state index >= 15 is 0 Å². The summed E-state index contributed by atoms with van der Waals surface area (Å²) < 4.78 is 22.9. The molecule has 0 aliphatic carbocycles. The Morgan fingerprint density at radius 1 is 1.50 bits per heavy atom. The molecular weight excluding hydrogens is 213 g/mol. The van der Waals surface area contributed by atoms with E-state index in [4.69, 9.17) is 4.74 Å². The molecule has 0 heterocycles. The molecule has 0 saturated carbocycles. The van der Waals surface area contributed by atoms with Gasteiger partial charge in [-0.15, -0.1) is 0 Å². The van der Waals surface area contributed by atoms with Crippen molar-refractivity contribution in [2.45, 2.75) is 6.54 Å². The van der Waals surface area contributed by atoms with E-state index in [1.807, 2.05) is 0 Å². The van der Waals surface area contributed by atoms with Crippen LogP contribution < -0.4 is 10.1 Å². The number of nitrogens with one attached hydrogen (secondary N) is 1. The third-order valence-corrected chi connectivity index (χ3v) is 1.98. The Balaban J connectivity index is 2.79. The first kappa shape index (κ1) is 12.4. The molecule has 0 aliphatic rings. The van der Waals surface area contributed by atoms with Gasteiger partial charge in [0.05, 0.1) is 7.11 Å². The maximum absolute atomic E-state index is 13.4. The first-order valence-electron chi connectivity index (χ1n) is 4.80. The molecule has 1 aromatic carbocycles. The third-order valence-electron chi connectivity index (χ3n) is 1.98. The van der Waals surface area contributed by atoms with Crippen LogP contribution in [-0.2, 0) is 16.1 Å². The summed E-state index contributed by atoms with van der Waals surface area (Å²) in [6.45, 7) is 0.169. The largest absolute Gasteiger partial charge is 0.478 e. The lowest BCUT2D eigenvalue weighted by atomic mass is 10.2. The van der Waals surface area contributed by atoms with Gasteiger partial charge in [0.25, 0.3) is 0 Å². The standard InChI is InChI=1S/C11H14FNO3/c1-13-6-8-4-3-5-9(12)11(8)16-7-10(14)15-2/h3-5,13H,6-7H2,1-2H3. The summed E-state index contributed by atoms with van der Waals surface area (Å²) >= 11 is 0. The number of benzene rings is 1. The van der Waals surface area contributed by atoms with Crippen molar-refractivity contribution in [3.8, 4) is 5.75 Å². The molecule has 0 aromatic heterocycles. The lowest BCUT2D eigenvalue weighted by Crippen LogP contribution is -2.15. The molecular formula is C11H14FNO3. The Morgan fingerprint density at radius 3 is 2.88 bits per heavy atom. The van der Waals surface area contributed by atoms with Crippen LogP contribution in [0.25, 0.3) is 0 Å². The molecule has 1 rings (SSSR count). The highest BCUT2D eigenvalue weighted by Crippen LogP contribution is 2.22. The molecule has 0 amide bonds. The molecule has 0 atom stereocenters. The summed E-state index contributed by atoms with van der Waals surface area (Å²) in [6.07, 6.45) is 0. The zero-order chi connectivity index (χ0) is 12.0. The topological polar surface area (TPSA) is 47.6 Å². The zero-order valence-electron chi connectivity index (χ0n) is 9.25. The molecule has 0 aliphatic heterocycles. The minimum absolute atomic E-state index is 0.0854. The first-order valence-corrected chi connectivity index (χ1v) is 4.80. The Hall–Kier alpha value is -1.62. The minimum Gasteiger partial charge on any atom is -0.478 e. The maximum atomic E-state index is 13.4. The lowest BCUT2D eigenvalue weighted by Gasteiger charge is -2.11. The summed E-state index contributed by atoms with van der Waals surface area (Å²) in [5.41, 5.74) is 0.659. The van der Waals surface area contributed by atoms with E-state index in [9.17, 15) is 9.18 Å². The Labute approximate surface area is 93.4 Å². The fourth-order valence-electron chi connectivity index (χ4n) is 1.23. The van der Waals surface area contributed by atoms with Crippen LogP contribution in [0.5, 0.6) is 5.75 Å². The molecule has 16 heavy (non-hydrogen) atoms. The van der Waals surface area contributed by atoms with Crippen LogP contribution in [0.1, 0.15) is 5.56 Å². The van der Waals surface area contributed by atoms with Crippen LogP contribution >= 0.6 is 0 Å². The Bertz CT molecular complexity index is 368. The fraction of sp³-hybridized carbons (Fsp3) is 0.364. The average Bonchev–Trinajstić information content (AvgIpc) is 2.28. The monoisotopic (exact) mass is 227 g/mol. The number of rotatable bonds is 5. The molecule has 0 radical (unpaired) electrons. The van der Waals surface area contributed by atoms with Crippen molar-refractivity contribution < 1.29 is 18.7 Å². The molecule has 0 saturated heterocycles. The molecule has 88 valence electrons. The number of para-hydroxylation sites is 1. The summed E-state index contributed by atoms with van der Waals surface area (Å²) in [7, 11) is 3.00. The fourth-order valence-corrected chi connectivity index (χ4v) is 1.23. The van der Waals surface area contributed by atoms with Gasteiger partial charge in [0.2, 0.25) is 0 Å². The van der Waals surface area contributed by atoms with Crippen molar-refractivity contribution in [2.75, 3.05) is 20.8 Å². The second-order valence-corrected chi connectivity index (χ2v) is 3.12. The summed E-state index contributed by atoms with van der Waals surface area (Å²) in [5.74, 6) is -0.947. The molecule has 1 N–H and O–H groups in total. The SMILES string of the molecule is CNCc1cccc(F)c1OCC(=O)OC. The quantitative estimate of drug-likeness (QED) is 0.765. The number of carbonyl (C=O) groups is 1. The zero-order valence-corrected chi connectivity index (χ0v) is 9.25. The minimum atomic E-state index is -0.543. The Morgan fingerprint density at radius 2 is 2.25 bits per heavy atom. The van der Waals surface area contributed by atoms with Crippen LogP contribution in [0.15, 0.2) is 18.2 Å². The van der Waals surface area contributed by atoms with Gasteiger partial charge in [-0.25, -0.2) is 9.18 Å². The van der Waals surface area contributed by atoms with Gasteiger partial charge in [-0.2, -0.15) is 0 Å². The van der Waals surface area contributed by atoms with Crippen LogP contribution in [0, 0.1) is 5.82 Å². The summed E-state index contributed by atoms with van der Waals surface area (Å²) in [6, 6.07) is 4.60. The van der Waals surface area contributed by atoms with E-state index < -0.39 is 11.8 Å². The third kappa shape index (κ3) is 3.20. The van der Waals surface area contributed by atoms with E-state index in [1.54, 1.807) is 19.2 Å². The van der Waals surface area contributed by atoms with Crippen molar-refractivity contribution in [1.29, 1.82) is 0 Å². The van der Waals surface area contributed by atoms with Gasteiger partial charge in [-0.3, -0.25) is 0 Å². The highest BCUT2D eigenvalue weighted by molar-refractivity contribution is 5.70. The van der Waals surface area contributed by atoms with Crippen molar-refractivity contribution in [3.05, 3.63) is 29.6 Å². The van der Waals surface area contributed by atoms with Crippen LogP contribution in [0.4, 0.5) is 4.39 Å². The molecule has 5 heteroatoms. The number of methoxy groups -OCH3 is 1. The molecule has 0 fully saturated rings. The van der Waals surface area contributed by atoms with Gasteiger partial charge < -0.3 is 14.8 Å². The smallest absolute Gasteiger partial charge is 0.343 e. The molecule has 0 bridgehead atoms. The van der Waals surface area contributed by atoms with Gasteiger partial charge in [-0.05, 0) is 13.1 Å². The van der Waals surface area contributed by atoms with E-state index in [0.29, 0.717) is 12.1 Å². The first-order chi connectivity index (χ1) is 7.69. The van der Waals surface area contributed by atoms with Gasteiger partial charge in [-0.1, -0.05) is 12.1 Å². The number of hydrogen-bond acceptors (Lipinski definition) is 4. The molecule has 4 nitrogen and oxygen atoms in total. The maximum Gasteiger partial charge on any atom is 0.343 e. The molecule has 0 unspecified atom stereocenters. The Kier molecular flexibility index (Phi) is 4.72. The van der Waals surface area contributed by atoms with E-state index in [-0.39, 0.29) is 12.4 Å². The predicted octanol–water partition coefficient (Wildman–Crippen LogP) is 1.10. The second-order valence-electron chi connectivity index (χ2n) is 3.12. The van der Waals surface area contributed by atoms with E-state index in [2.05, 4.69) is 10.1 Å². The van der Waals surface area contributed by atoms with Crippen molar-refractivity contribution in [3.63, 3.8) is 0 Å². The number of esters is 1. The number of halogens is 1. The van der Waals surface area contributed by atoms with Crippen molar-refractivity contribution >= 4 is 5.97 Å². The van der Waals surface area contributed by atoms with Gasteiger partial charge in [0.15, 0.2) is 18.2 Å². The molecule has 0 spiro atoms. The van der Waals surface area contributed by atoms with Crippen molar-refractivity contribution in [2.24, 2.45) is 0 Å². The van der Waals surface area contributed by atoms with Crippen LogP contribution in [0.2, 0.25) is 0 Å². The lowest BCUT2D eigenvalue weighted by molar-refractivity contribution is -0.142. The number of hydrogen-bond donors (Lipinski definition) is 1. The van der Waals surface area contributed by atoms with E-state index in [1.165, 1.54) is 13.2 Å². The second kappa shape index (κ2) is 6.07. The number of carbonyl (C=O) groups excluding carboxylic acids is 1. The predicted molar refractivity (Wildman–Crippen MR) is 56.7 cm³/mol. The van der Waals surface area contributed by atoms with Crippen molar-refractivity contribution in [1.82, 2.24) is 5.32 Å². The highest BCUT2D eigenvalue weighted by atomic mass is 19.1. The van der Waals surface area contributed by atoms with Crippen LogP contribution in [-0.4, -0.2) is 26.7 Å². The average molecular weight is 227 g/mol.